The molecule has 0 spiro atoms. The standard InChI is InChI=1S/C12H11ClN2O3S/c13-8-5-7(6-9-10(8)18-3-2-17-9)11(16)15-12-14-1-4-19-12/h5-6H,1-4H2,(H,14,15,16). The molecule has 0 aliphatic carbocycles. The van der Waals surface area contributed by atoms with Crippen LogP contribution in [0.25, 0.3) is 0 Å². The zero-order chi connectivity index (χ0) is 13.2. The number of halogens is 1. The zero-order valence-electron chi connectivity index (χ0n) is 9.94. The lowest BCUT2D eigenvalue weighted by atomic mass is 10.2. The topological polar surface area (TPSA) is 59.9 Å². The number of nitrogens with one attached hydrogen (secondary N) is 1. The summed E-state index contributed by atoms with van der Waals surface area (Å²) < 4.78 is 10.8. The Morgan fingerprint density at radius 2 is 2.21 bits per heavy atom. The van der Waals surface area contributed by atoms with Crippen molar-refractivity contribution < 1.29 is 14.3 Å². The molecular formula is C12H11ClN2O3S. The van der Waals surface area contributed by atoms with Crippen LogP contribution in [-0.2, 0) is 0 Å². The minimum absolute atomic E-state index is 0.243. The third kappa shape index (κ3) is 2.64. The van der Waals surface area contributed by atoms with Crippen molar-refractivity contribution in [3.63, 3.8) is 0 Å². The molecule has 2 aliphatic rings. The lowest BCUT2D eigenvalue weighted by Crippen LogP contribution is -2.27. The maximum atomic E-state index is 12.1. The molecule has 3 rings (SSSR count). The summed E-state index contributed by atoms with van der Waals surface area (Å²) in [5.74, 6) is 1.66. The predicted octanol–water partition coefficient (Wildman–Crippen LogP) is 1.94. The number of nitrogens with zero attached hydrogens (tertiary/aromatic N) is 1. The summed E-state index contributed by atoms with van der Waals surface area (Å²) in [7, 11) is 0. The third-order valence-corrected chi connectivity index (χ3v) is 3.84. The second-order valence-corrected chi connectivity index (χ2v) is 5.46. The van der Waals surface area contributed by atoms with Crippen LogP contribution >= 0.6 is 23.4 Å². The fourth-order valence-electron chi connectivity index (χ4n) is 1.82. The summed E-state index contributed by atoms with van der Waals surface area (Å²) in [5.41, 5.74) is 0.435. The van der Waals surface area contributed by atoms with Gasteiger partial charge >= 0.3 is 0 Å². The molecule has 0 bridgehead atoms. The number of amidine groups is 1. The molecular weight excluding hydrogens is 288 g/mol. The Labute approximate surface area is 119 Å². The highest BCUT2D eigenvalue weighted by Gasteiger charge is 2.20. The van der Waals surface area contributed by atoms with Gasteiger partial charge in [0.05, 0.1) is 11.6 Å². The normalized spacial score (nSPS) is 17.0. The van der Waals surface area contributed by atoms with E-state index < -0.39 is 0 Å². The third-order valence-electron chi connectivity index (χ3n) is 2.66. The molecule has 2 aliphatic heterocycles. The summed E-state index contributed by atoms with van der Waals surface area (Å²) in [6, 6.07) is 3.21. The van der Waals surface area contributed by atoms with Gasteiger partial charge in [0, 0.05) is 11.3 Å². The van der Waals surface area contributed by atoms with Crippen molar-refractivity contribution in [2.75, 3.05) is 25.5 Å². The van der Waals surface area contributed by atoms with E-state index in [1.54, 1.807) is 12.1 Å². The number of hydrogen-bond donors (Lipinski definition) is 1. The molecule has 0 atom stereocenters. The zero-order valence-corrected chi connectivity index (χ0v) is 11.5. The summed E-state index contributed by atoms with van der Waals surface area (Å²) in [5, 5.41) is 3.78. The Hall–Kier alpha value is -1.40. The first kappa shape index (κ1) is 12.6. The molecule has 0 aromatic heterocycles. The number of thioether (sulfide) groups is 1. The van der Waals surface area contributed by atoms with E-state index in [4.69, 9.17) is 21.1 Å². The number of aliphatic imine (C=N–C) groups is 1. The molecule has 1 N–H and O–H groups in total. The smallest absolute Gasteiger partial charge is 0.257 e. The quantitative estimate of drug-likeness (QED) is 0.861. The Kier molecular flexibility index (Phi) is 3.52. The van der Waals surface area contributed by atoms with E-state index in [9.17, 15) is 4.79 Å². The molecule has 0 unspecified atom stereocenters. The van der Waals surface area contributed by atoms with Crippen molar-refractivity contribution in [2.45, 2.75) is 0 Å². The highest BCUT2D eigenvalue weighted by atomic mass is 35.5. The van der Waals surface area contributed by atoms with E-state index in [-0.39, 0.29) is 5.91 Å². The van der Waals surface area contributed by atoms with Gasteiger partial charge in [0.1, 0.15) is 13.2 Å². The fourth-order valence-corrected chi connectivity index (χ4v) is 2.81. The van der Waals surface area contributed by atoms with E-state index >= 15 is 0 Å². The van der Waals surface area contributed by atoms with Crippen molar-refractivity contribution in [1.29, 1.82) is 0 Å². The van der Waals surface area contributed by atoms with E-state index in [0.717, 1.165) is 12.3 Å². The molecule has 0 fully saturated rings. The van der Waals surface area contributed by atoms with Crippen LogP contribution in [0.5, 0.6) is 11.5 Å². The van der Waals surface area contributed by atoms with Crippen LogP contribution < -0.4 is 14.8 Å². The summed E-state index contributed by atoms with van der Waals surface area (Å²) >= 11 is 7.62. The van der Waals surface area contributed by atoms with Crippen LogP contribution in [0.1, 0.15) is 10.4 Å². The number of fused-ring (bicyclic) bond motifs is 1. The van der Waals surface area contributed by atoms with Crippen LogP contribution in [0.4, 0.5) is 0 Å². The Balaban J connectivity index is 1.84. The second kappa shape index (κ2) is 5.30. The van der Waals surface area contributed by atoms with Crippen molar-refractivity contribution >= 4 is 34.4 Å². The van der Waals surface area contributed by atoms with Gasteiger partial charge in [0.15, 0.2) is 16.7 Å². The minimum atomic E-state index is -0.243. The number of ether oxygens (including phenoxy) is 2. The molecule has 5 nitrogen and oxygen atoms in total. The molecule has 1 aromatic rings. The van der Waals surface area contributed by atoms with Crippen molar-refractivity contribution in [2.24, 2.45) is 4.99 Å². The monoisotopic (exact) mass is 298 g/mol. The van der Waals surface area contributed by atoms with Gasteiger partial charge in [-0.3, -0.25) is 9.79 Å². The number of carbonyl (C=O) groups excluding carboxylic acids is 1. The fraction of sp³-hybridized carbons (Fsp3) is 0.333. The maximum Gasteiger partial charge on any atom is 0.257 e. The van der Waals surface area contributed by atoms with Crippen LogP contribution in [0, 0.1) is 0 Å². The summed E-state index contributed by atoms with van der Waals surface area (Å²) in [4.78, 5) is 16.2. The molecule has 7 heteroatoms. The Morgan fingerprint density at radius 3 is 3.00 bits per heavy atom. The molecule has 100 valence electrons. The molecule has 19 heavy (non-hydrogen) atoms. The van der Waals surface area contributed by atoms with E-state index in [1.807, 2.05) is 0 Å². The average Bonchev–Trinajstić information content (AvgIpc) is 2.91. The van der Waals surface area contributed by atoms with Gasteiger partial charge in [-0.05, 0) is 12.1 Å². The van der Waals surface area contributed by atoms with Gasteiger partial charge in [0.2, 0.25) is 0 Å². The van der Waals surface area contributed by atoms with Gasteiger partial charge in [-0.2, -0.15) is 0 Å². The van der Waals surface area contributed by atoms with Crippen molar-refractivity contribution in [3.05, 3.63) is 22.7 Å². The molecule has 0 radical (unpaired) electrons. The van der Waals surface area contributed by atoms with Crippen LogP contribution in [0.15, 0.2) is 17.1 Å². The van der Waals surface area contributed by atoms with Crippen LogP contribution in [-0.4, -0.2) is 36.6 Å². The summed E-state index contributed by atoms with van der Waals surface area (Å²) in [6.07, 6.45) is 0. The predicted molar refractivity (Wildman–Crippen MR) is 74.7 cm³/mol. The molecule has 0 saturated carbocycles. The Bertz CT molecular complexity index is 562. The first-order chi connectivity index (χ1) is 9.24. The highest BCUT2D eigenvalue weighted by Crippen LogP contribution is 2.38. The van der Waals surface area contributed by atoms with Crippen LogP contribution in [0.2, 0.25) is 5.02 Å². The molecule has 1 amide bonds. The van der Waals surface area contributed by atoms with Gasteiger partial charge in [-0.1, -0.05) is 23.4 Å². The van der Waals surface area contributed by atoms with Crippen molar-refractivity contribution in [3.8, 4) is 11.5 Å². The number of rotatable bonds is 1. The second-order valence-electron chi connectivity index (χ2n) is 3.97. The number of carbonyl (C=O) groups is 1. The number of amides is 1. The number of hydrogen-bond acceptors (Lipinski definition) is 5. The molecule has 1 aromatic carbocycles. The van der Waals surface area contributed by atoms with Gasteiger partial charge < -0.3 is 14.8 Å². The first-order valence-electron chi connectivity index (χ1n) is 5.82. The summed E-state index contributed by atoms with van der Waals surface area (Å²) in [6.45, 7) is 1.66. The molecule has 0 saturated heterocycles. The highest BCUT2D eigenvalue weighted by molar-refractivity contribution is 8.14. The largest absolute Gasteiger partial charge is 0.486 e. The van der Waals surface area contributed by atoms with Crippen LogP contribution in [0.3, 0.4) is 0 Å². The van der Waals surface area contributed by atoms with E-state index in [0.29, 0.717) is 40.5 Å². The van der Waals surface area contributed by atoms with E-state index in [1.165, 1.54) is 11.8 Å². The molecule has 2 heterocycles. The van der Waals surface area contributed by atoms with Gasteiger partial charge in [0.25, 0.3) is 5.91 Å². The van der Waals surface area contributed by atoms with Gasteiger partial charge in [-0.25, -0.2) is 0 Å². The van der Waals surface area contributed by atoms with E-state index in [2.05, 4.69) is 10.3 Å². The van der Waals surface area contributed by atoms with Crippen molar-refractivity contribution in [1.82, 2.24) is 5.32 Å². The first-order valence-corrected chi connectivity index (χ1v) is 7.18. The van der Waals surface area contributed by atoms with Gasteiger partial charge in [-0.15, -0.1) is 0 Å². The maximum absolute atomic E-state index is 12.1. The lowest BCUT2D eigenvalue weighted by Gasteiger charge is -2.20. The Morgan fingerprint density at radius 1 is 1.37 bits per heavy atom. The number of benzene rings is 1. The minimum Gasteiger partial charge on any atom is -0.486 e. The lowest BCUT2D eigenvalue weighted by molar-refractivity contribution is 0.0976. The average molecular weight is 299 g/mol. The SMILES string of the molecule is O=C(NC1=NCCS1)c1cc(Cl)c2c(c1)OCCO2.